The Morgan fingerprint density at radius 1 is 1.10 bits per heavy atom. The number of hydrogen-bond donors (Lipinski definition) is 1. The van der Waals surface area contributed by atoms with Crippen LogP contribution in [0, 0.1) is 5.92 Å². The van der Waals surface area contributed by atoms with Crippen LogP contribution in [0.5, 0.6) is 5.75 Å². The van der Waals surface area contributed by atoms with E-state index in [4.69, 9.17) is 4.74 Å². The molecule has 1 heterocycles. The molecule has 1 unspecified atom stereocenters. The number of carbonyl (C=O) groups excluding carboxylic acids is 1. The smallest absolute Gasteiger partial charge is 0.234 e. The van der Waals surface area contributed by atoms with Gasteiger partial charge in [-0.15, -0.1) is 0 Å². The van der Waals surface area contributed by atoms with Crippen LogP contribution in [0.3, 0.4) is 0 Å². The highest BCUT2D eigenvalue weighted by molar-refractivity contribution is 5.77. The second kappa shape index (κ2) is 11.6. The van der Waals surface area contributed by atoms with Gasteiger partial charge >= 0.3 is 0 Å². The van der Waals surface area contributed by atoms with Gasteiger partial charge in [-0.3, -0.25) is 9.69 Å². The van der Waals surface area contributed by atoms with E-state index in [1.807, 2.05) is 6.92 Å². The van der Waals surface area contributed by atoms with Crippen LogP contribution >= 0.6 is 0 Å². The van der Waals surface area contributed by atoms with E-state index in [0.29, 0.717) is 12.5 Å². The number of likely N-dealkylation sites (tertiary alicyclic amines) is 1. The molecular weight excluding hydrogens is 360 g/mol. The van der Waals surface area contributed by atoms with Crippen molar-refractivity contribution in [3.8, 4) is 5.75 Å². The Morgan fingerprint density at radius 3 is 2.66 bits per heavy atom. The molecule has 1 fully saturated rings. The molecule has 162 valence electrons. The molecule has 0 bridgehead atoms. The van der Waals surface area contributed by atoms with Gasteiger partial charge in [0.25, 0.3) is 0 Å². The molecule has 1 atom stereocenters. The summed E-state index contributed by atoms with van der Waals surface area (Å²) in [6.07, 6.45) is 11.3. The lowest BCUT2D eigenvalue weighted by Crippen LogP contribution is -2.42. The van der Waals surface area contributed by atoms with Crippen molar-refractivity contribution in [2.75, 3.05) is 32.8 Å². The molecule has 1 aromatic carbocycles. The number of benzene rings is 1. The normalized spacial score (nSPS) is 19.9. The molecule has 0 spiro atoms. The fourth-order valence-corrected chi connectivity index (χ4v) is 5.06. The first-order valence-corrected chi connectivity index (χ1v) is 12.0. The zero-order valence-electron chi connectivity index (χ0n) is 18.5. The number of piperidine rings is 1. The van der Waals surface area contributed by atoms with Crippen molar-refractivity contribution in [1.29, 1.82) is 0 Å². The highest BCUT2D eigenvalue weighted by Crippen LogP contribution is 2.43. The van der Waals surface area contributed by atoms with E-state index in [2.05, 4.69) is 35.3 Å². The Bertz CT molecular complexity index is 638. The molecule has 0 saturated carbocycles. The third-order valence-electron chi connectivity index (χ3n) is 6.70. The van der Waals surface area contributed by atoms with Gasteiger partial charge in [0.05, 0.1) is 13.2 Å². The molecule has 3 rings (SSSR count). The third kappa shape index (κ3) is 6.47. The first-order chi connectivity index (χ1) is 14.2. The molecule has 4 nitrogen and oxygen atoms in total. The van der Waals surface area contributed by atoms with E-state index >= 15 is 0 Å². The van der Waals surface area contributed by atoms with Gasteiger partial charge in [-0.25, -0.2) is 0 Å². The maximum absolute atomic E-state index is 11.8. The average molecular weight is 401 g/mol. The van der Waals surface area contributed by atoms with Gasteiger partial charge in [0.1, 0.15) is 5.75 Å². The summed E-state index contributed by atoms with van der Waals surface area (Å²) in [4.78, 5) is 14.2. The summed E-state index contributed by atoms with van der Waals surface area (Å²) in [6.45, 7) is 8.43. The van der Waals surface area contributed by atoms with Crippen LogP contribution in [0.25, 0.3) is 0 Å². The lowest BCUT2D eigenvalue weighted by molar-refractivity contribution is -0.122. The second-order valence-corrected chi connectivity index (χ2v) is 8.84. The molecule has 2 aliphatic rings. The van der Waals surface area contributed by atoms with Crippen molar-refractivity contribution in [1.82, 2.24) is 10.2 Å². The van der Waals surface area contributed by atoms with E-state index in [0.717, 1.165) is 44.3 Å². The predicted octanol–water partition coefficient (Wildman–Crippen LogP) is 4.91. The van der Waals surface area contributed by atoms with Crippen LogP contribution < -0.4 is 10.1 Å². The minimum Gasteiger partial charge on any atom is -0.494 e. The maximum Gasteiger partial charge on any atom is 0.234 e. The average Bonchev–Trinajstić information content (AvgIpc) is 3.14. The van der Waals surface area contributed by atoms with E-state index in [1.54, 1.807) is 0 Å². The van der Waals surface area contributed by atoms with Crippen molar-refractivity contribution < 1.29 is 9.53 Å². The van der Waals surface area contributed by atoms with Crippen LogP contribution in [0.15, 0.2) is 18.2 Å². The van der Waals surface area contributed by atoms with Crippen molar-refractivity contribution >= 4 is 5.91 Å². The standard InChI is InChI=1S/C25H40N2O2/c1-3-5-6-7-8-17-29-22-11-9-20-10-12-23(24(20)18-22)21-13-15-27(16-14-21)19-25(28)26-4-2/h9,11,18,21,23H,3-8,10,12-17,19H2,1-2H3,(H,26,28). The second-order valence-electron chi connectivity index (χ2n) is 8.84. The maximum atomic E-state index is 11.8. The lowest BCUT2D eigenvalue weighted by Gasteiger charge is -2.34. The van der Waals surface area contributed by atoms with Gasteiger partial charge in [0.15, 0.2) is 0 Å². The summed E-state index contributed by atoms with van der Waals surface area (Å²) in [5, 5.41) is 2.91. The van der Waals surface area contributed by atoms with Crippen molar-refractivity contribution in [3.05, 3.63) is 29.3 Å². The molecule has 0 radical (unpaired) electrons. The fraction of sp³-hybridized carbons (Fsp3) is 0.720. The first-order valence-electron chi connectivity index (χ1n) is 12.0. The van der Waals surface area contributed by atoms with Gasteiger partial charge in [0, 0.05) is 6.54 Å². The molecule has 1 aliphatic carbocycles. The molecule has 1 amide bonds. The van der Waals surface area contributed by atoms with Gasteiger partial charge in [-0.05, 0) is 87.2 Å². The summed E-state index contributed by atoms with van der Waals surface area (Å²) in [7, 11) is 0. The van der Waals surface area contributed by atoms with Gasteiger partial charge in [0.2, 0.25) is 5.91 Å². The van der Waals surface area contributed by atoms with Crippen LogP contribution in [0.1, 0.15) is 82.3 Å². The van der Waals surface area contributed by atoms with Crippen LogP contribution in [-0.4, -0.2) is 43.6 Å². The lowest BCUT2D eigenvalue weighted by atomic mass is 9.81. The predicted molar refractivity (Wildman–Crippen MR) is 120 cm³/mol. The number of likely N-dealkylation sites (N-methyl/N-ethyl adjacent to an activating group) is 1. The van der Waals surface area contributed by atoms with E-state index in [9.17, 15) is 4.79 Å². The van der Waals surface area contributed by atoms with Crippen molar-refractivity contribution in [2.45, 2.75) is 77.6 Å². The van der Waals surface area contributed by atoms with E-state index in [1.165, 1.54) is 62.5 Å². The zero-order chi connectivity index (χ0) is 20.5. The number of fused-ring (bicyclic) bond motifs is 1. The summed E-state index contributed by atoms with van der Waals surface area (Å²) < 4.78 is 6.08. The quantitative estimate of drug-likeness (QED) is 0.536. The van der Waals surface area contributed by atoms with Crippen molar-refractivity contribution in [3.63, 3.8) is 0 Å². The fourth-order valence-electron chi connectivity index (χ4n) is 5.06. The minimum atomic E-state index is 0.161. The number of aryl methyl sites for hydroxylation is 1. The zero-order valence-corrected chi connectivity index (χ0v) is 18.5. The number of nitrogens with zero attached hydrogens (tertiary/aromatic N) is 1. The highest BCUT2D eigenvalue weighted by atomic mass is 16.5. The van der Waals surface area contributed by atoms with E-state index < -0.39 is 0 Å². The Balaban J connectivity index is 1.48. The molecule has 29 heavy (non-hydrogen) atoms. The minimum absolute atomic E-state index is 0.161. The highest BCUT2D eigenvalue weighted by Gasteiger charge is 2.32. The van der Waals surface area contributed by atoms with Gasteiger partial charge in [-0.2, -0.15) is 0 Å². The van der Waals surface area contributed by atoms with Crippen LogP contribution in [-0.2, 0) is 11.2 Å². The number of amides is 1. The van der Waals surface area contributed by atoms with Gasteiger partial charge < -0.3 is 10.1 Å². The third-order valence-corrected chi connectivity index (χ3v) is 6.70. The largest absolute Gasteiger partial charge is 0.494 e. The molecule has 1 saturated heterocycles. The summed E-state index contributed by atoms with van der Waals surface area (Å²) >= 11 is 0. The molecule has 4 heteroatoms. The Labute approximate surface area is 177 Å². The molecule has 1 N–H and O–H groups in total. The van der Waals surface area contributed by atoms with Crippen LogP contribution in [0.2, 0.25) is 0 Å². The summed E-state index contributed by atoms with van der Waals surface area (Å²) in [5.74, 6) is 2.63. The number of carbonyl (C=O) groups is 1. The van der Waals surface area contributed by atoms with Crippen molar-refractivity contribution in [2.24, 2.45) is 5.92 Å². The number of unbranched alkanes of at least 4 members (excludes halogenated alkanes) is 4. The Hall–Kier alpha value is -1.55. The summed E-state index contributed by atoms with van der Waals surface area (Å²) in [5.41, 5.74) is 3.06. The molecule has 1 aliphatic heterocycles. The first kappa shape index (κ1) is 22.1. The molecule has 1 aromatic rings. The molecule has 0 aromatic heterocycles. The Kier molecular flexibility index (Phi) is 8.85. The number of nitrogens with one attached hydrogen (secondary N) is 1. The van der Waals surface area contributed by atoms with E-state index in [-0.39, 0.29) is 5.91 Å². The van der Waals surface area contributed by atoms with Crippen LogP contribution in [0.4, 0.5) is 0 Å². The molecular formula is C25H40N2O2. The number of rotatable bonds is 11. The Morgan fingerprint density at radius 2 is 1.90 bits per heavy atom. The number of ether oxygens (including phenoxy) is 1. The summed E-state index contributed by atoms with van der Waals surface area (Å²) in [6, 6.07) is 6.80. The van der Waals surface area contributed by atoms with Gasteiger partial charge in [-0.1, -0.05) is 38.7 Å². The topological polar surface area (TPSA) is 41.6 Å². The monoisotopic (exact) mass is 400 g/mol. The SMILES string of the molecule is CCCCCCCOc1ccc2c(c1)C(C1CCN(CC(=O)NCC)CC1)CC2. The number of hydrogen-bond acceptors (Lipinski definition) is 3.